The molecule has 0 unspecified atom stereocenters. The molecule has 1 aromatic heterocycles. The lowest BCUT2D eigenvalue weighted by molar-refractivity contribution is 0.242. The van der Waals surface area contributed by atoms with E-state index in [0.717, 1.165) is 29.3 Å². The van der Waals surface area contributed by atoms with Crippen LogP contribution in [-0.4, -0.2) is 16.8 Å². The van der Waals surface area contributed by atoms with E-state index in [1.54, 1.807) is 0 Å². The summed E-state index contributed by atoms with van der Waals surface area (Å²) in [6.07, 6.45) is 2.01. The van der Waals surface area contributed by atoms with Crippen molar-refractivity contribution in [3.8, 4) is 5.75 Å². The minimum Gasteiger partial charge on any atom is -0.491 e. The van der Waals surface area contributed by atoms with Gasteiger partial charge in [0.2, 0.25) is 0 Å². The molecule has 0 bridgehead atoms. The third kappa shape index (κ3) is 2.44. The van der Waals surface area contributed by atoms with Crippen LogP contribution in [0.1, 0.15) is 36.2 Å². The summed E-state index contributed by atoms with van der Waals surface area (Å²) in [6, 6.07) is 10.3. The molecular weight excluding hydrogens is 248 g/mol. The van der Waals surface area contributed by atoms with E-state index in [4.69, 9.17) is 4.74 Å². The van der Waals surface area contributed by atoms with E-state index < -0.39 is 0 Å². The Kier molecular flexibility index (Phi) is 3.26. The SMILES string of the molecule is Cc1cc(C2=NCc3ccc(OC(C)C)cc32)ccn1. The van der Waals surface area contributed by atoms with Gasteiger partial charge in [-0.25, -0.2) is 0 Å². The quantitative estimate of drug-likeness (QED) is 0.851. The first-order chi connectivity index (χ1) is 9.63. The lowest BCUT2D eigenvalue weighted by atomic mass is 10.00. The van der Waals surface area contributed by atoms with Crippen LogP contribution in [0, 0.1) is 6.92 Å². The monoisotopic (exact) mass is 266 g/mol. The zero-order chi connectivity index (χ0) is 14.1. The highest BCUT2D eigenvalue weighted by molar-refractivity contribution is 6.15. The number of fused-ring (bicyclic) bond motifs is 1. The van der Waals surface area contributed by atoms with Crippen molar-refractivity contribution in [1.82, 2.24) is 4.98 Å². The zero-order valence-corrected chi connectivity index (χ0v) is 12.1. The number of benzene rings is 1. The van der Waals surface area contributed by atoms with Crippen LogP contribution in [0.4, 0.5) is 0 Å². The predicted molar refractivity (Wildman–Crippen MR) is 80.5 cm³/mol. The third-order valence-corrected chi connectivity index (χ3v) is 3.29. The van der Waals surface area contributed by atoms with Gasteiger partial charge in [0, 0.05) is 23.0 Å². The summed E-state index contributed by atoms with van der Waals surface area (Å²) in [5.74, 6) is 0.902. The van der Waals surface area contributed by atoms with Gasteiger partial charge in [0.05, 0.1) is 18.4 Å². The van der Waals surface area contributed by atoms with Gasteiger partial charge in [-0.2, -0.15) is 0 Å². The van der Waals surface area contributed by atoms with Crippen LogP contribution in [-0.2, 0) is 6.54 Å². The highest BCUT2D eigenvalue weighted by Crippen LogP contribution is 2.27. The van der Waals surface area contributed by atoms with Gasteiger partial charge in [-0.15, -0.1) is 0 Å². The van der Waals surface area contributed by atoms with Gasteiger partial charge >= 0.3 is 0 Å². The molecular formula is C17H18N2O. The summed E-state index contributed by atoms with van der Waals surface area (Å²) in [5.41, 5.74) is 5.60. The first kappa shape index (κ1) is 12.9. The van der Waals surface area contributed by atoms with Crippen molar-refractivity contribution in [2.24, 2.45) is 4.99 Å². The molecule has 2 heterocycles. The molecule has 0 atom stereocenters. The number of aliphatic imine (C=N–C) groups is 1. The van der Waals surface area contributed by atoms with Crippen LogP contribution < -0.4 is 4.74 Å². The Hall–Kier alpha value is -2.16. The summed E-state index contributed by atoms with van der Waals surface area (Å²) in [5, 5.41) is 0. The molecule has 0 saturated carbocycles. The van der Waals surface area contributed by atoms with Crippen molar-refractivity contribution >= 4 is 5.71 Å². The summed E-state index contributed by atoms with van der Waals surface area (Å²) < 4.78 is 5.78. The number of nitrogens with zero attached hydrogens (tertiary/aromatic N) is 2. The number of aromatic nitrogens is 1. The van der Waals surface area contributed by atoms with Gasteiger partial charge < -0.3 is 4.74 Å². The standard InChI is InChI=1S/C17H18N2O/c1-11(2)20-15-5-4-14-10-19-17(16(14)9-15)13-6-7-18-12(3)8-13/h4-9,11H,10H2,1-3H3. The molecule has 0 fully saturated rings. The molecule has 20 heavy (non-hydrogen) atoms. The number of hydrogen-bond donors (Lipinski definition) is 0. The van der Waals surface area contributed by atoms with Gasteiger partial charge in [-0.05, 0) is 50.6 Å². The molecule has 1 aliphatic rings. The highest BCUT2D eigenvalue weighted by Gasteiger charge is 2.18. The molecule has 1 aliphatic heterocycles. The Morgan fingerprint density at radius 3 is 2.75 bits per heavy atom. The Balaban J connectivity index is 1.99. The van der Waals surface area contributed by atoms with E-state index in [1.807, 2.05) is 39.1 Å². The van der Waals surface area contributed by atoms with Crippen molar-refractivity contribution in [2.75, 3.05) is 0 Å². The second-order valence-corrected chi connectivity index (χ2v) is 5.34. The fourth-order valence-electron chi connectivity index (χ4n) is 2.45. The molecule has 0 saturated heterocycles. The van der Waals surface area contributed by atoms with Crippen LogP contribution >= 0.6 is 0 Å². The van der Waals surface area contributed by atoms with E-state index in [0.29, 0.717) is 0 Å². The van der Waals surface area contributed by atoms with Crippen LogP contribution in [0.2, 0.25) is 0 Å². The van der Waals surface area contributed by atoms with Crippen molar-refractivity contribution in [3.05, 3.63) is 58.9 Å². The van der Waals surface area contributed by atoms with Gasteiger partial charge in [0.15, 0.2) is 0 Å². The third-order valence-electron chi connectivity index (χ3n) is 3.29. The minimum atomic E-state index is 0.179. The number of aryl methyl sites for hydroxylation is 1. The number of hydrogen-bond acceptors (Lipinski definition) is 3. The van der Waals surface area contributed by atoms with Crippen molar-refractivity contribution < 1.29 is 4.74 Å². The normalized spacial score (nSPS) is 13.3. The Bertz CT molecular complexity index is 674. The first-order valence-electron chi connectivity index (χ1n) is 6.91. The largest absolute Gasteiger partial charge is 0.491 e. The molecule has 3 nitrogen and oxygen atoms in total. The predicted octanol–water partition coefficient (Wildman–Crippen LogP) is 3.53. The maximum absolute atomic E-state index is 5.78. The molecule has 0 amide bonds. The van der Waals surface area contributed by atoms with E-state index in [9.17, 15) is 0 Å². The second kappa shape index (κ2) is 5.08. The average Bonchev–Trinajstić information content (AvgIpc) is 2.81. The van der Waals surface area contributed by atoms with E-state index in [-0.39, 0.29) is 6.10 Å². The van der Waals surface area contributed by atoms with E-state index >= 15 is 0 Å². The van der Waals surface area contributed by atoms with Crippen molar-refractivity contribution in [2.45, 2.75) is 33.4 Å². The summed E-state index contributed by atoms with van der Waals surface area (Å²) in [7, 11) is 0. The minimum absolute atomic E-state index is 0.179. The number of pyridine rings is 1. The van der Waals surface area contributed by atoms with Crippen LogP contribution in [0.25, 0.3) is 0 Å². The lowest BCUT2D eigenvalue weighted by Crippen LogP contribution is -2.07. The maximum atomic E-state index is 5.78. The lowest BCUT2D eigenvalue weighted by Gasteiger charge is -2.12. The Morgan fingerprint density at radius 1 is 1.15 bits per heavy atom. The van der Waals surface area contributed by atoms with Gasteiger partial charge in [0.25, 0.3) is 0 Å². The summed E-state index contributed by atoms with van der Waals surface area (Å²) in [6.45, 7) is 6.81. The maximum Gasteiger partial charge on any atom is 0.120 e. The molecule has 3 rings (SSSR count). The van der Waals surface area contributed by atoms with Crippen LogP contribution in [0.15, 0.2) is 41.5 Å². The smallest absolute Gasteiger partial charge is 0.120 e. The van der Waals surface area contributed by atoms with E-state index in [1.165, 1.54) is 11.1 Å². The molecule has 2 aromatic rings. The first-order valence-corrected chi connectivity index (χ1v) is 6.91. The topological polar surface area (TPSA) is 34.5 Å². The fourth-order valence-corrected chi connectivity index (χ4v) is 2.45. The van der Waals surface area contributed by atoms with Crippen LogP contribution in [0.3, 0.4) is 0 Å². The zero-order valence-electron chi connectivity index (χ0n) is 12.1. The molecule has 1 aromatic carbocycles. The summed E-state index contributed by atoms with van der Waals surface area (Å²) >= 11 is 0. The van der Waals surface area contributed by atoms with Gasteiger partial charge in [-0.3, -0.25) is 9.98 Å². The molecule has 0 spiro atoms. The molecule has 0 radical (unpaired) electrons. The highest BCUT2D eigenvalue weighted by atomic mass is 16.5. The number of ether oxygens (including phenoxy) is 1. The Morgan fingerprint density at radius 2 is 2.00 bits per heavy atom. The number of rotatable bonds is 3. The summed E-state index contributed by atoms with van der Waals surface area (Å²) in [4.78, 5) is 8.91. The van der Waals surface area contributed by atoms with Gasteiger partial charge in [-0.1, -0.05) is 6.07 Å². The van der Waals surface area contributed by atoms with Crippen molar-refractivity contribution in [1.29, 1.82) is 0 Å². The Labute approximate surface area is 119 Å². The molecule has 0 N–H and O–H groups in total. The molecule has 3 heteroatoms. The molecule has 0 aliphatic carbocycles. The fraction of sp³-hybridized carbons (Fsp3) is 0.294. The molecule has 102 valence electrons. The average molecular weight is 266 g/mol. The van der Waals surface area contributed by atoms with Crippen LogP contribution in [0.5, 0.6) is 5.75 Å². The second-order valence-electron chi connectivity index (χ2n) is 5.34. The van der Waals surface area contributed by atoms with E-state index in [2.05, 4.69) is 28.2 Å². The van der Waals surface area contributed by atoms with Crippen molar-refractivity contribution in [3.63, 3.8) is 0 Å². The van der Waals surface area contributed by atoms with Gasteiger partial charge in [0.1, 0.15) is 5.75 Å².